The Labute approximate surface area is 204 Å². The largest absolute Gasteiger partial charge is 0.478 e. The second kappa shape index (κ2) is 11.3. The molecule has 3 aromatic rings. The highest BCUT2D eigenvalue weighted by Gasteiger charge is 2.41. The third-order valence-corrected chi connectivity index (χ3v) is 4.83. The highest BCUT2D eigenvalue weighted by Crippen LogP contribution is 2.23. The highest BCUT2D eigenvalue weighted by atomic mass is 35.5. The molecular formula is C24H17Cl2NO7. The fraction of sp³-hybridized carbons (Fsp3) is 0.0833. The molecule has 0 saturated heterocycles. The third kappa shape index (κ3) is 6.57. The van der Waals surface area contributed by atoms with Crippen molar-refractivity contribution in [3.05, 3.63) is 100 Å². The number of ether oxygens (including phenoxy) is 2. The van der Waals surface area contributed by atoms with E-state index >= 15 is 0 Å². The van der Waals surface area contributed by atoms with Gasteiger partial charge in [-0.2, -0.15) is 0 Å². The van der Waals surface area contributed by atoms with Gasteiger partial charge in [0.2, 0.25) is 12.2 Å². The molecule has 10 heteroatoms. The molecule has 3 aromatic carbocycles. The van der Waals surface area contributed by atoms with Crippen LogP contribution in [-0.4, -0.2) is 41.1 Å². The quantitative estimate of drug-likeness (QED) is 0.437. The lowest BCUT2D eigenvalue weighted by atomic mass is 10.1. The SMILES string of the molecule is O=C(O[C@@H](C(=O)O)[C@@H](OC(=O)c1ccccc1)C(=O)Nc1cc(Cl)cc(Cl)c1)c1ccccc1. The number of esters is 2. The number of anilines is 1. The van der Waals surface area contributed by atoms with Gasteiger partial charge in [0.25, 0.3) is 5.91 Å². The number of carboxylic acids is 1. The summed E-state index contributed by atoms with van der Waals surface area (Å²) >= 11 is 11.9. The number of aliphatic carboxylic acids is 1. The number of nitrogens with one attached hydrogen (secondary N) is 1. The van der Waals surface area contributed by atoms with E-state index < -0.39 is 36.0 Å². The van der Waals surface area contributed by atoms with Gasteiger partial charge >= 0.3 is 17.9 Å². The van der Waals surface area contributed by atoms with Crippen molar-refractivity contribution >= 4 is 52.7 Å². The van der Waals surface area contributed by atoms with Crippen molar-refractivity contribution in [3.63, 3.8) is 0 Å². The van der Waals surface area contributed by atoms with Crippen LogP contribution < -0.4 is 5.32 Å². The molecule has 0 heterocycles. The Bertz CT molecular complexity index is 1180. The van der Waals surface area contributed by atoms with Gasteiger partial charge in [-0.05, 0) is 42.5 Å². The molecule has 3 rings (SSSR count). The maximum Gasteiger partial charge on any atom is 0.349 e. The zero-order valence-electron chi connectivity index (χ0n) is 17.3. The normalized spacial score (nSPS) is 12.2. The minimum Gasteiger partial charge on any atom is -0.478 e. The Morgan fingerprint density at radius 1 is 0.706 bits per heavy atom. The van der Waals surface area contributed by atoms with E-state index in [0.29, 0.717) is 0 Å². The lowest BCUT2D eigenvalue weighted by Gasteiger charge is -2.23. The van der Waals surface area contributed by atoms with E-state index in [2.05, 4.69) is 5.32 Å². The van der Waals surface area contributed by atoms with Crippen LogP contribution in [0, 0.1) is 0 Å². The van der Waals surface area contributed by atoms with Crippen LogP contribution in [0.3, 0.4) is 0 Å². The number of amides is 1. The molecule has 0 fully saturated rings. The molecule has 34 heavy (non-hydrogen) atoms. The molecule has 0 saturated carbocycles. The molecule has 0 aromatic heterocycles. The fourth-order valence-electron chi connectivity index (χ4n) is 2.85. The number of benzene rings is 3. The Balaban J connectivity index is 1.91. The summed E-state index contributed by atoms with van der Waals surface area (Å²) in [5.41, 5.74) is 0.218. The molecule has 0 aliphatic carbocycles. The van der Waals surface area contributed by atoms with Crippen LogP contribution in [0.5, 0.6) is 0 Å². The standard InChI is InChI=1S/C24H17Cl2NO7/c25-16-11-17(26)13-18(12-16)27-21(28)19(33-23(31)14-7-3-1-4-8-14)20(22(29)30)34-24(32)15-9-5-2-6-10-15/h1-13,19-20H,(H,27,28)(H,29,30)/t19-,20-/m1/s1. The summed E-state index contributed by atoms with van der Waals surface area (Å²) in [7, 11) is 0. The van der Waals surface area contributed by atoms with Crippen LogP contribution >= 0.6 is 23.2 Å². The lowest BCUT2D eigenvalue weighted by molar-refractivity contribution is -0.157. The molecular weight excluding hydrogens is 485 g/mol. The fourth-order valence-corrected chi connectivity index (χ4v) is 3.38. The van der Waals surface area contributed by atoms with Gasteiger partial charge in [0.05, 0.1) is 11.1 Å². The van der Waals surface area contributed by atoms with E-state index in [9.17, 15) is 24.3 Å². The minimum absolute atomic E-state index is 0.0453. The van der Waals surface area contributed by atoms with Gasteiger partial charge in [0, 0.05) is 15.7 Å². The molecule has 2 atom stereocenters. The second-order valence-electron chi connectivity index (χ2n) is 6.87. The van der Waals surface area contributed by atoms with Gasteiger partial charge in [0.15, 0.2) is 0 Å². The second-order valence-corrected chi connectivity index (χ2v) is 7.74. The first-order chi connectivity index (χ1) is 16.2. The molecule has 0 aliphatic rings. The molecule has 0 unspecified atom stereocenters. The van der Waals surface area contributed by atoms with Crippen molar-refractivity contribution in [3.8, 4) is 0 Å². The molecule has 8 nitrogen and oxygen atoms in total. The first-order valence-corrected chi connectivity index (χ1v) is 10.5. The van der Waals surface area contributed by atoms with Crippen LogP contribution in [-0.2, 0) is 19.1 Å². The van der Waals surface area contributed by atoms with Gasteiger partial charge in [-0.15, -0.1) is 0 Å². The van der Waals surface area contributed by atoms with Crippen molar-refractivity contribution in [2.75, 3.05) is 5.32 Å². The van der Waals surface area contributed by atoms with Gasteiger partial charge in [-0.1, -0.05) is 59.6 Å². The molecule has 2 N–H and O–H groups in total. The summed E-state index contributed by atoms with van der Waals surface area (Å²) in [5, 5.41) is 12.5. The van der Waals surface area contributed by atoms with Crippen LogP contribution in [0.2, 0.25) is 10.0 Å². The average molecular weight is 502 g/mol. The summed E-state index contributed by atoms with van der Waals surface area (Å²) in [5.74, 6) is -4.79. The number of carboxylic acid groups (broad SMARTS) is 1. The van der Waals surface area contributed by atoms with Gasteiger partial charge < -0.3 is 19.9 Å². The van der Waals surface area contributed by atoms with E-state index in [1.807, 2.05) is 0 Å². The summed E-state index contributed by atoms with van der Waals surface area (Å²) in [4.78, 5) is 50.2. The predicted molar refractivity (Wildman–Crippen MR) is 124 cm³/mol. The Hall–Kier alpha value is -3.88. The Kier molecular flexibility index (Phi) is 8.24. The number of hydrogen-bond acceptors (Lipinski definition) is 6. The first kappa shape index (κ1) is 24.8. The van der Waals surface area contributed by atoms with Crippen molar-refractivity contribution in [2.45, 2.75) is 12.2 Å². The van der Waals surface area contributed by atoms with Crippen LogP contribution in [0.1, 0.15) is 20.7 Å². The number of carbonyl (C=O) groups excluding carboxylic acids is 3. The highest BCUT2D eigenvalue weighted by molar-refractivity contribution is 6.35. The monoisotopic (exact) mass is 501 g/mol. The first-order valence-electron chi connectivity index (χ1n) is 9.76. The molecule has 174 valence electrons. The van der Waals surface area contributed by atoms with Gasteiger partial charge in [0.1, 0.15) is 0 Å². The van der Waals surface area contributed by atoms with Crippen molar-refractivity contribution in [1.29, 1.82) is 0 Å². The van der Waals surface area contributed by atoms with Crippen molar-refractivity contribution < 1.29 is 33.8 Å². The van der Waals surface area contributed by atoms with Crippen LogP contribution in [0.25, 0.3) is 0 Å². The Morgan fingerprint density at radius 2 is 1.15 bits per heavy atom. The van der Waals surface area contributed by atoms with E-state index in [1.54, 1.807) is 36.4 Å². The third-order valence-electron chi connectivity index (χ3n) is 4.39. The van der Waals surface area contributed by atoms with Crippen LogP contribution in [0.4, 0.5) is 5.69 Å². The molecule has 1 amide bonds. The van der Waals surface area contributed by atoms with Crippen molar-refractivity contribution in [1.82, 2.24) is 0 Å². The van der Waals surface area contributed by atoms with Gasteiger partial charge in [-0.3, -0.25) is 4.79 Å². The minimum atomic E-state index is -2.16. The number of rotatable bonds is 8. The molecule has 0 bridgehead atoms. The van der Waals surface area contributed by atoms with Crippen LogP contribution in [0.15, 0.2) is 78.9 Å². The number of carbonyl (C=O) groups is 4. The average Bonchev–Trinajstić information content (AvgIpc) is 2.81. The molecule has 0 radical (unpaired) electrons. The zero-order chi connectivity index (χ0) is 24.7. The van der Waals surface area contributed by atoms with E-state index in [-0.39, 0.29) is 26.9 Å². The maximum atomic E-state index is 13.0. The molecule has 0 spiro atoms. The summed E-state index contributed by atoms with van der Waals surface area (Å²) in [6.07, 6.45) is -4.20. The number of halogens is 2. The molecule has 0 aliphatic heterocycles. The summed E-state index contributed by atoms with van der Waals surface area (Å²) < 4.78 is 10.3. The smallest absolute Gasteiger partial charge is 0.349 e. The van der Waals surface area contributed by atoms with E-state index in [0.717, 1.165) is 0 Å². The van der Waals surface area contributed by atoms with E-state index in [4.69, 9.17) is 32.7 Å². The maximum absolute atomic E-state index is 13.0. The van der Waals surface area contributed by atoms with Gasteiger partial charge in [-0.25, -0.2) is 14.4 Å². The topological polar surface area (TPSA) is 119 Å². The number of hydrogen-bond donors (Lipinski definition) is 2. The lowest BCUT2D eigenvalue weighted by Crippen LogP contribution is -2.48. The zero-order valence-corrected chi connectivity index (χ0v) is 18.8. The summed E-state index contributed by atoms with van der Waals surface area (Å²) in [6, 6.07) is 19.3. The summed E-state index contributed by atoms with van der Waals surface area (Å²) in [6.45, 7) is 0. The van der Waals surface area contributed by atoms with Crippen molar-refractivity contribution in [2.24, 2.45) is 0 Å². The van der Waals surface area contributed by atoms with E-state index in [1.165, 1.54) is 42.5 Å². The predicted octanol–water partition coefficient (Wildman–Crippen LogP) is 4.47. The Morgan fingerprint density at radius 3 is 1.59 bits per heavy atom.